The summed E-state index contributed by atoms with van der Waals surface area (Å²) in [6, 6.07) is 7.10. The fourth-order valence-electron chi connectivity index (χ4n) is 2.13. The Morgan fingerprint density at radius 3 is 2.50 bits per heavy atom. The Balaban J connectivity index is 2.36. The van der Waals surface area contributed by atoms with E-state index in [1.165, 1.54) is 6.92 Å². The molecule has 3 nitrogen and oxygen atoms in total. The largest absolute Gasteiger partial charge is 0.378 e. The van der Waals surface area contributed by atoms with E-state index in [0.29, 0.717) is 31.9 Å². The van der Waals surface area contributed by atoms with Crippen LogP contribution in [0.25, 0.3) is 0 Å². The number of hydrogen-bond acceptors (Lipinski definition) is 3. The number of nitrogens with two attached hydrogens (primary N) is 1. The molecule has 1 fully saturated rings. The first-order chi connectivity index (χ1) is 8.53. The summed E-state index contributed by atoms with van der Waals surface area (Å²) in [6.45, 7) is 4.01. The van der Waals surface area contributed by atoms with Gasteiger partial charge in [0.15, 0.2) is 0 Å². The molecule has 0 bridgehead atoms. The maximum absolute atomic E-state index is 13.1. The van der Waals surface area contributed by atoms with Crippen molar-refractivity contribution in [3.63, 3.8) is 0 Å². The highest BCUT2D eigenvalue weighted by Crippen LogP contribution is 2.33. The summed E-state index contributed by atoms with van der Waals surface area (Å²) in [6.07, 6.45) is -2.60. The molecule has 1 saturated heterocycles. The van der Waals surface area contributed by atoms with Gasteiger partial charge in [-0.15, -0.1) is 0 Å². The third-order valence-electron chi connectivity index (χ3n) is 3.29. The average molecular weight is 256 g/mol. The molecule has 0 aliphatic carbocycles. The van der Waals surface area contributed by atoms with Crippen LogP contribution in [0.2, 0.25) is 0 Å². The zero-order chi connectivity index (χ0) is 13.2. The van der Waals surface area contributed by atoms with Gasteiger partial charge in [-0.3, -0.25) is 0 Å². The molecule has 1 atom stereocenters. The third-order valence-corrected chi connectivity index (χ3v) is 3.29. The standard InChI is InChI=1S/C13H18F2N2O/c1-13(16,12(14)15)10-4-2-3-5-11(10)17-6-8-18-9-7-17/h2-5,12H,6-9,16H2,1H3. The Hall–Kier alpha value is -1.20. The number of nitrogens with zero attached hydrogens (tertiary/aromatic N) is 1. The maximum Gasteiger partial charge on any atom is 0.260 e. The fraction of sp³-hybridized carbons (Fsp3) is 0.538. The van der Waals surface area contributed by atoms with E-state index in [-0.39, 0.29) is 0 Å². The van der Waals surface area contributed by atoms with Gasteiger partial charge in [0.05, 0.1) is 13.2 Å². The predicted molar refractivity (Wildman–Crippen MR) is 67.0 cm³/mol. The van der Waals surface area contributed by atoms with Gasteiger partial charge in [-0.2, -0.15) is 0 Å². The summed E-state index contributed by atoms with van der Waals surface area (Å²) in [5.74, 6) is 0. The molecule has 2 rings (SSSR count). The number of ether oxygens (including phenoxy) is 1. The van der Waals surface area contributed by atoms with Crippen molar-refractivity contribution in [3.05, 3.63) is 29.8 Å². The molecule has 0 aromatic heterocycles. The minimum absolute atomic E-state index is 0.488. The van der Waals surface area contributed by atoms with Gasteiger partial charge in [-0.05, 0) is 13.0 Å². The van der Waals surface area contributed by atoms with E-state index in [2.05, 4.69) is 0 Å². The van der Waals surface area contributed by atoms with Gasteiger partial charge in [-0.25, -0.2) is 8.78 Å². The molecule has 1 unspecified atom stereocenters. The molecule has 0 radical (unpaired) electrons. The summed E-state index contributed by atoms with van der Waals surface area (Å²) in [5, 5.41) is 0. The van der Waals surface area contributed by atoms with E-state index < -0.39 is 12.0 Å². The van der Waals surface area contributed by atoms with Crippen molar-refractivity contribution in [3.8, 4) is 0 Å². The Kier molecular flexibility index (Phi) is 3.82. The van der Waals surface area contributed by atoms with Crippen LogP contribution in [0.1, 0.15) is 12.5 Å². The van der Waals surface area contributed by atoms with Crippen molar-refractivity contribution >= 4 is 5.69 Å². The number of anilines is 1. The van der Waals surface area contributed by atoms with Gasteiger partial charge < -0.3 is 15.4 Å². The Labute approximate surface area is 106 Å². The minimum Gasteiger partial charge on any atom is -0.378 e. The Morgan fingerprint density at radius 1 is 1.28 bits per heavy atom. The van der Waals surface area contributed by atoms with Gasteiger partial charge in [0.1, 0.15) is 5.54 Å². The zero-order valence-corrected chi connectivity index (χ0v) is 10.4. The van der Waals surface area contributed by atoms with E-state index in [1.54, 1.807) is 12.1 Å². The van der Waals surface area contributed by atoms with Crippen LogP contribution in [0.4, 0.5) is 14.5 Å². The van der Waals surface area contributed by atoms with Crippen molar-refractivity contribution in [2.24, 2.45) is 5.73 Å². The number of alkyl halides is 2. The number of rotatable bonds is 3. The van der Waals surface area contributed by atoms with Gasteiger partial charge >= 0.3 is 0 Å². The molecule has 18 heavy (non-hydrogen) atoms. The van der Waals surface area contributed by atoms with Gasteiger partial charge in [0, 0.05) is 24.3 Å². The van der Waals surface area contributed by atoms with Crippen LogP contribution in [-0.4, -0.2) is 32.7 Å². The number of benzene rings is 1. The summed E-state index contributed by atoms with van der Waals surface area (Å²) in [7, 11) is 0. The summed E-state index contributed by atoms with van der Waals surface area (Å²) < 4.78 is 31.4. The molecule has 1 aromatic rings. The highest BCUT2D eigenvalue weighted by molar-refractivity contribution is 5.57. The topological polar surface area (TPSA) is 38.5 Å². The molecular formula is C13H18F2N2O. The van der Waals surface area contributed by atoms with Crippen LogP contribution in [0.5, 0.6) is 0 Å². The lowest BCUT2D eigenvalue weighted by atomic mass is 9.91. The highest BCUT2D eigenvalue weighted by Gasteiger charge is 2.35. The first-order valence-corrected chi connectivity index (χ1v) is 6.02. The zero-order valence-electron chi connectivity index (χ0n) is 10.4. The molecule has 100 valence electrons. The average Bonchev–Trinajstić information content (AvgIpc) is 2.39. The highest BCUT2D eigenvalue weighted by atomic mass is 19.3. The van der Waals surface area contributed by atoms with Crippen LogP contribution in [0.15, 0.2) is 24.3 Å². The fourth-order valence-corrected chi connectivity index (χ4v) is 2.13. The van der Waals surface area contributed by atoms with Crippen molar-refractivity contribution in [1.29, 1.82) is 0 Å². The Morgan fingerprint density at radius 2 is 1.89 bits per heavy atom. The second-order valence-corrected chi connectivity index (χ2v) is 4.70. The summed E-state index contributed by atoms with van der Waals surface area (Å²) in [4.78, 5) is 2.05. The van der Waals surface area contributed by atoms with Gasteiger partial charge in [0.2, 0.25) is 0 Å². The van der Waals surface area contributed by atoms with E-state index in [0.717, 1.165) is 5.69 Å². The Bertz CT molecular complexity index is 404. The van der Waals surface area contributed by atoms with Crippen LogP contribution in [0, 0.1) is 0 Å². The van der Waals surface area contributed by atoms with E-state index in [9.17, 15) is 8.78 Å². The van der Waals surface area contributed by atoms with E-state index in [1.807, 2.05) is 17.0 Å². The lowest BCUT2D eigenvalue weighted by Crippen LogP contribution is -2.44. The van der Waals surface area contributed by atoms with Crippen LogP contribution in [-0.2, 0) is 10.3 Å². The molecule has 0 saturated carbocycles. The summed E-state index contributed by atoms with van der Waals surface area (Å²) in [5.41, 5.74) is 5.42. The lowest BCUT2D eigenvalue weighted by molar-refractivity contribution is 0.0624. The SMILES string of the molecule is CC(N)(c1ccccc1N1CCOCC1)C(F)F. The van der Waals surface area contributed by atoms with Crippen molar-refractivity contribution in [2.45, 2.75) is 18.9 Å². The quantitative estimate of drug-likeness (QED) is 0.898. The third kappa shape index (κ3) is 2.47. The van der Waals surface area contributed by atoms with Crippen LogP contribution >= 0.6 is 0 Å². The first kappa shape index (κ1) is 13.2. The monoisotopic (exact) mass is 256 g/mol. The molecule has 1 aromatic carbocycles. The molecule has 1 aliphatic heterocycles. The van der Waals surface area contributed by atoms with E-state index in [4.69, 9.17) is 10.5 Å². The smallest absolute Gasteiger partial charge is 0.260 e. The molecule has 1 aliphatic rings. The molecular weight excluding hydrogens is 238 g/mol. The van der Waals surface area contributed by atoms with Crippen LogP contribution in [0.3, 0.4) is 0 Å². The molecule has 5 heteroatoms. The molecule has 0 amide bonds. The second kappa shape index (κ2) is 5.20. The van der Waals surface area contributed by atoms with Crippen molar-refractivity contribution in [1.82, 2.24) is 0 Å². The van der Waals surface area contributed by atoms with Gasteiger partial charge in [0.25, 0.3) is 6.43 Å². The molecule has 0 spiro atoms. The lowest BCUT2D eigenvalue weighted by Gasteiger charge is -2.34. The number of para-hydroxylation sites is 1. The first-order valence-electron chi connectivity index (χ1n) is 6.02. The second-order valence-electron chi connectivity index (χ2n) is 4.70. The van der Waals surface area contributed by atoms with Crippen LogP contribution < -0.4 is 10.6 Å². The van der Waals surface area contributed by atoms with Gasteiger partial charge in [-0.1, -0.05) is 18.2 Å². The molecule has 2 N–H and O–H groups in total. The molecule has 1 heterocycles. The summed E-state index contributed by atoms with van der Waals surface area (Å²) >= 11 is 0. The normalized spacial score (nSPS) is 19.9. The number of halogens is 2. The number of hydrogen-bond donors (Lipinski definition) is 1. The predicted octanol–water partition coefficient (Wildman–Crippen LogP) is 1.96. The minimum atomic E-state index is -2.60. The van der Waals surface area contributed by atoms with Crippen molar-refractivity contribution in [2.75, 3.05) is 31.2 Å². The van der Waals surface area contributed by atoms with E-state index >= 15 is 0 Å². The maximum atomic E-state index is 13.1. The van der Waals surface area contributed by atoms with Crippen molar-refractivity contribution < 1.29 is 13.5 Å². The number of morpholine rings is 1.